The quantitative estimate of drug-likeness (QED) is 0.569. The van der Waals surface area contributed by atoms with Crippen molar-refractivity contribution in [2.24, 2.45) is 5.92 Å². The van der Waals surface area contributed by atoms with Gasteiger partial charge < -0.3 is 5.32 Å². The van der Waals surface area contributed by atoms with E-state index in [4.69, 9.17) is 0 Å². The lowest BCUT2D eigenvalue weighted by Crippen LogP contribution is -2.14. The highest BCUT2D eigenvalue weighted by atomic mass is 32.2. The highest BCUT2D eigenvalue weighted by Crippen LogP contribution is 2.32. The normalized spacial score (nSPS) is 16.1. The Bertz CT molecular complexity index is 383. The summed E-state index contributed by atoms with van der Waals surface area (Å²) in [6, 6.07) is 6.91. The molecule has 1 aliphatic rings. The van der Waals surface area contributed by atoms with Gasteiger partial charge in [-0.2, -0.15) is 0 Å². The zero-order valence-corrected chi connectivity index (χ0v) is 13.2. The summed E-state index contributed by atoms with van der Waals surface area (Å²) in [6.07, 6.45) is 7.00. The van der Waals surface area contributed by atoms with E-state index in [0.29, 0.717) is 0 Å². The van der Waals surface area contributed by atoms with Gasteiger partial charge in [0.2, 0.25) is 0 Å². The molecule has 106 valence electrons. The van der Waals surface area contributed by atoms with E-state index in [1.54, 1.807) is 0 Å². The second kappa shape index (κ2) is 7.96. The summed E-state index contributed by atoms with van der Waals surface area (Å²) in [7, 11) is 0. The van der Waals surface area contributed by atoms with Gasteiger partial charge in [-0.15, -0.1) is 11.8 Å². The molecule has 1 fully saturated rings. The van der Waals surface area contributed by atoms with Gasteiger partial charge in [0.05, 0.1) is 0 Å². The van der Waals surface area contributed by atoms with E-state index < -0.39 is 0 Å². The Balaban J connectivity index is 1.92. The lowest BCUT2D eigenvalue weighted by Gasteiger charge is -2.13. The molecule has 1 aromatic rings. The van der Waals surface area contributed by atoms with Gasteiger partial charge >= 0.3 is 0 Å². The van der Waals surface area contributed by atoms with Gasteiger partial charge in [0.25, 0.3) is 0 Å². The fourth-order valence-electron chi connectivity index (χ4n) is 2.77. The van der Waals surface area contributed by atoms with Crippen molar-refractivity contribution < 1.29 is 0 Å². The molecule has 1 nitrogen and oxygen atoms in total. The van der Waals surface area contributed by atoms with Gasteiger partial charge in [0.15, 0.2) is 0 Å². The van der Waals surface area contributed by atoms with Gasteiger partial charge in [-0.1, -0.05) is 37.5 Å². The number of aryl methyl sites for hydroxylation is 1. The Morgan fingerprint density at radius 3 is 2.79 bits per heavy atom. The molecule has 1 aliphatic carbocycles. The van der Waals surface area contributed by atoms with E-state index in [-0.39, 0.29) is 0 Å². The van der Waals surface area contributed by atoms with E-state index in [0.717, 1.165) is 19.0 Å². The molecule has 19 heavy (non-hydrogen) atoms. The summed E-state index contributed by atoms with van der Waals surface area (Å²) in [6.45, 7) is 6.54. The average Bonchev–Trinajstić information content (AvgIpc) is 2.91. The number of hydrogen-bond acceptors (Lipinski definition) is 2. The number of thioether (sulfide) groups is 1. The fraction of sp³-hybridized carbons (Fsp3) is 0.647. The van der Waals surface area contributed by atoms with Crippen LogP contribution in [0.3, 0.4) is 0 Å². The SMILES string of the molecule is CCCNCc1cc(C)ccc1SCC1CCCC1. The van der Waals surface area contributed by atoms with Crippen molar-refractivity contribution in [3.63, 3.8) is 0 Å². The third kappa shape index (κ3) is 4.85. The van der Waals surface area contributed by atoms with Crippen LogP contribution >= 0.6 is 11.8 Å². The Morgan fingerprint density at radius 2 is 2.05 bits per heavy atom. The van der Waals surface area contributed by atoms with E-state index in [1.165, 1.54) is 53.9 Å². The third-order valence-corrected chi connectivity index (χ3v) is 5.25. The maximum Gasteiger partial charge on any atom is 0.0216 e. The van der Waals surface area contributed by atoms with Gasteiger partial charge in [-0.25, -0.2) is 0 Å². The van der Waals surface area contributed by atoms with E-state index in [1.807, 2.05) is 0 Å². The topological polar surface area (TPSA) is 12.0 Å². The van der Waals surface area contributed by atoms with Crippen LogP contribution in [0.5, 0.6) is 0 Å². The summed E-state index contributed by atoms with van der Waals surface area (Å²) in [5, 5.41) is 3.53. The van der Waals surface area contributed by atoms with Crippen LogP contribution in [0.1, 0.15) is 50.2 Å². The van der Waals surface area contributed by atoms with Crippen LogP contribution in [-0.4, -0.2) is 12.3 Å². The van der Waals surface area contributed by atoms with Crippen LogP contribution in [0.2, 0.25) is 0 Å². The number of rotatable bonds is 7. The first-order valence-corrected chi connectivity index (χ1v) is 8.71. The summed E-state index contributed by atoms with van der Waals surface area (Å²) >= 11 is 2.07. The monoisotopic (exact) mass is 277 g/mol. The molecule has 0 spiro atoms. The van der Waals surface area contributed by atoms with Crippen molar-refractivity contribution in [1.29, 1.82) is 0 Å². The minimum absolute atomic E-state index is 0.961. The standard InChI is InChI=1S/C17H27NS/c1-3-10-18-12-16-11-14(2)8-9-17(16)19-13-15-6-4-5-7-15/h8-9,11,15,18H,3-7,10,12-13H2,1-2H3. The minimum Gasteiger partial charge on any atom is -0.313 e. The molecule has 0 amide bonds. The minimum atomic E-state index is 0.961. The molecular weight excluding hydrogens is 250 g/mol. The lowest BCUT2D eigenvalue weighted by atomic mass is 10.1. The molecule has 0 saturated heterocycles. The summed E-state index contributed by atoms with van der Waals surface area (Å²) in [4.78, 5) is 1.49. The van der Waals surface area contributed by atoms with E-state index >= 15 is 0 Å². The molecule has 0 radical (unpaired) electrons. The maximum absolute atomic E-state index is 3.53. The van der Waals surface area contributed by atoms with Crippen molar-refractivity contribution >= 4 is 11.8 Å². The molecule has 0 bridgehead atoms. The van der Waals surface area contributed by atoms with Crippen LogP contribution in [0.25, 0.3) is 0 Å². The molecule has 1 aromatic carbocycles. The molecule has 1 saturated carbocycles. The van der Waals surface area contributed by atoms with Gasteiger partial charge in [0, 0.05) is 17.2 Å². The van der Waals surface area contributed by atoms with Crippen LogP contribution in [0.15, 0.2) is 23.1 Å². The van der Waals surface area contributed by atoms with E-state index in [9.17, 15) is 0 Å². The molecular formula is C17H27NS. The first-order chi connectivity index (χ1) is 9.29. The molecule has 0 aliphatic heterocycles. The van der Waals surface area contributed by atoms with Crippen LogP contribution < -0.4 is 5.32 Å². The highest BCUT2D eigenvalue weighted by Gasteiger charge is 2.15. The van der Waals surface area contributed by atoms with Crippen molar-refractivity contribution in [2.75, 3.05) is 12.3 Å². The Morgan fingerprint density at radius 1 is 1.26 bits per heavy atom. The first-order valence-electron chi connectivity index (χ1n) is 7.72. The largest absolute Gasteiger partial charge is 0.313 e. The number of benzene rings is 1. The van der Waals surface area contributed by atoms with Gasteiger partial charge in [-0.05, 0) is 50.3 Å². The third-order valence-electron chi connectivity index (χ3n) is 3.91. The van der Waals surface area contributed by atoms with Crippen molar-refractivity contribution in [3.05, 3.63) is 29.3 Å². The van der Waals surface area contributed by atoms with Crippen LogP contribution in [0.4, 0.5) is 0 Å². The van der Waals surface area contributed by atoms with Crippen molar-refractivity contribution in [1.82, 2.24) is 5.32 Å². The zero-order chi connectivity index (χ0) is 13.5. The van der Waals surface area contributed by atoms with Crippen LogP contribution in [-0.2, 0) is 6.54 Å². The molecule has 0 heterocycles. The predicted molar refractivity (Wildman–Crippen MR) is 85.9 cm³/mol. The average molecular weight is 277 g/mol. The fourth-order valence-corrected chi connectivity index (χ4v) is 4.00. The predicted octanol–water partition coefficient (Wildman–Crippen LogP) is 4.78. The van der Waals surface area contributed by atoms with Crippen molar-refractivity contribution in [3.8, 4) is 0 Å². The molecule has 1 N–H and O–H groups in total. The molecule has 0 unspecified atom stereocenters. The first kappa shape index (κ1) is 14.9. The molecule has 0 aromatic heterocycles. The number of nitrogens with one attached hydrogen (secondary N) is 1. The molecule has 0 atom stereocenters. The second-order valence-electron chi connectivity index (χ2n) is 5.75. The summed E-state index contributed by atoms with van der Waals surface area (Å²) < 4.78 is 0. The smallest absolute Gasteiger partial charge is 0.0216 e. The maximum atomic E-state index is 3.53. The van der Waals surface area contributed by atoms with Gasteiger partial charge in [-0.3, -0.25) is 0 Å². The van der Waals surface area contributed by atoms with Gasteiger partial charge in [0.1, 0.15) is 0 Å². The molecule has 2 rings (SSSR count). The Labute approximate surface area is 122 Å². The highest BCUT2D eigenvalue weighted by molar-refractivity contribution is 7.99. The van der Waals surface area contributed by atoms with Crippen LogP contribution in [0, 0.1) is 12.8 Å². The van der Waals surface area contributed by atoms with E-state index in [2.05, 4.69) is 49.1 Å². The summed E-state index contributed by atoms with van der Waals surface area (Å²) in [5.74, 6) is 2.27. The Hall–Kier alpha value is -0.470. The zero-order valence-electron chi connectivity index (χ0n) is 12.4. The Kier molecular flexibility index (Phi) is 6.25. The summed E-state index contributed by atoms with van der Waals surface area (Å²) in [5.41, 5.74) is 2.86. The second-order valence-corrected chi connectivity index (χ2v) is 6.81. The van der Waals surface area contributed by atoms with Crippen molar-refractivity contribution in [2.45, 2.75) is 57.4 Å². The number of hydrogen-bond donors (Lipinski definition) is 1. The molecule has 2 heteroatoms. The lowest BCUT2D eigenvalue weighted by molar-refractivity contribution is 0.622.